The Balaban J connectivity index is 2.57. The van der Waals surface area contributed by atoms with Crippen LogP contribution in [0.4, 0.5) is 0 Å². The summed E-state index contributed by atoms with van der Waals surface area (Å²) in [6.45, 7) is 0.00679. The molecular formula is C9H8ClNO2. The Morgan fingerprint density at radius 2 is 2.31 bits per heavy atom. The van der Waals surface area contributed by atoms with Crippen molar-refractivity contribution in [3.8, 4) is 0 Å². The third-order valence-electron chi connectivity index (χ3n) is 1.79. The molecule has 4 heteroatoms. The fourth-order valence-electron chi connectivity index (χ4n) is 1.17. The maximum atomic E-state index is 8.87. The van der Waals surface area contributed by atoms with Crippen LogP contribution in [0, 0.1) is 0 Å². The second kappa shape index (κ2) is 3.36. The van der Waals surface area contributed by atoms with E-state index in [2.05, 4.69) is 4.98 Å². The fourth-order valence-corrected chi connectivity index (χ4v) is 1.29. The van der Waals surface area contributed by atoms with Crippen molar-refractivity contribution in [3.05, 3.63) is 29.7 Å². The molecule has 0 unspecified atom stereocenters. The SMILES string of the molecule is OCc1ccc2nc(CCl)oc2c1. The summed E-state index contributed by atoms with van der Waals surface area (Å²) in [6.07, 6.45) is 0. The number of hydrogen-bond donors (Lipinski definition) is 1. The van der Waals surface area contributed by atoms with Gasteiger partial charge < -0.3 is 9.52 Å². The highest BCUT2D eigenvalue weighted by molar-refractivity contribution is 6.16. The number of fused-ring (bicyclic) bond motifs is 1. The number of oxazole rings is 1. The molecule has 1 aromatic carbocycles. The molecule has 0 atom stereocenters. The molecule has 1 aromatic heterocycles. The first kappa shape index (κ1) is 8.53. The highest BCUT2D eigenvalue weighted by Gasteiger charge is 2.04. The van der Waals surface area contributed by atoms with Crippen LogP contribution in [0.25, 0.3) is 11.1 Å². The Hall–Kier alpha value is -1.06. The number of aromatic nitrogens is 1. The summed E-state index contributed by atoms with van der Waals surface area (Å²) in [6, 6.07) is 5.38. The number of halogens is 1. The highest BCUT2D eigenvalue weighted by Crippen LogP contribution is 2.18. The van der Waals surface area contributed by atoms with Crippen LogP contribution in [-0.4, -0.2) is 10.1 Å². The van der Waals surface area contributed by atoms with Gasteiger partial charge in [0.05, 0.1) is 12.5 Å². The van der Waals surface area contributed by atoms with Crippen molar-refractivity contribution in [1.82, 2.24) is 4.98 Å². The van der Waals surface area contributed by atoms with Gasteiger partial charge in [0.15, 0.2) is 5.58 Å². The zero-order valence-electron chi connectivity index (χ0n) is 6.83. The summed E-state index contributed by atoms with van der Waals surface area (Å²) in [5.41, 5.74) is 2.25. The minimum absolute atomic E-state index is 0.00679. The van der Waals surface area contributed by atoms with Crippen molar-refractivity contribution >= 4 is 22.7 Å². The Bertz CT molecular complexity index is 422. The smallest absolute Gasteiger partial charge is 0.210 e. The van der Waals surface area contributed by atoms with Gasteiger partial charge in [0.1, 0.15) is 5.52 Å². The third-order valence-corrected chi connectivity index (χ3v) is 2.02. The molecule has 0 spiro atoms. The number of rotatable bonds is 2. The Morgan fingerprint density at radius 1 is 1.46 bits per heavy atom. The largest absolute Gasteiger partial charge is 0.439 e. The molecule has 1 heterocycles. The molecule has 2 rings (SSSR count). The van der Waals surface area contributed by atoms with Crippen LogP contribution >= 0.6 is 11.6 Å². The molecule has 3 nitrogen and oxygen atoms in total. The lowest BCUT2D eigenvalue weighted by atomic mass is 10.2. The molecule has 0 aliphatic carbocycles. The first-order valence-corrected chi connectivity index (χ1v) is 4.42. The number of alkyl halides is 1. The first-order chi connectivity index (χ1) is 6.33. The van der Waals surface area contributed by atoms with E-state index in [1.54, 1.807) is 12.1 Å². The van der Waals surface area contributed by atoms with Crippen molar-refractivity contribution in [1.29, 1.82) is 0 Å². The van der Waals surface area contributed by atoms with Crippen molar-refractivity contribution in [2.24, 2.45) is 0 Å². The minimum Gasteiger partial charge on any atom is -0.439 e. The summed E-state index contributed by atoms with van der Waals surface area (Å²) in [5.74, 6) is 0.773. The number of aliphatic hydroxyl groups is 1. The molecule has 0 aliphatic rings. The zero-order valence-corrected chi connectivity index (χ0v) is 7.58. The molecule has 0 aliphatic heterocycles. The Labute approximate surface area is 80.0 Å². The van der Waals surface area contributed by atoms with Crippen molar-refractivity contribution in [3.63, 3.8) is 0 Å². The van der Waals surface area contributed by atoms with Gasteiger partial charge in [0, 0.05) is 0 Å². The number of hydrogen-bond acceptors (Lipinski definition) is 3. The van der Waals surface area contributed by atoms with Crippen LogP contribution in [0.5, 0.6) is 0 Å². The van der Waals surface area contributed by atoms with Gasteiger partial charge in [-0.3, -0.25) is 0 Å². The lowest BCUT2D eigenvalue weighted by Gasteiger charge is -1.92. The van der Waals surface area contributed by atoms with Gasteiger partial charge >= 0.3 is 0 Å². The molecule has 13 heavy (non-hydrogen) atoms. The highest BCUT2D eigenvalue weighted by atomic mass is 35.5. The maximum Gasteiger partial charge on any atom is 0.210 e. The average Bonchev–Trinajstić information content (AvgIpc) is 2.58. The van der Waals surface area contributed by atoms with Crippen LogP contribution in [0.3, 0.4) is 0 Å². The molecule has 68 valence electrons. The predicted molar refractivity (Wildman–Crippen MR) is 49.5 cm³/mol. The number of nitrogens with zero attached hydrogens (tertiary/aromatic N) is 1. The van der Waals surface area contributed by atoms with Crippen LogP contribution in [0.15, 0.2) is 22.6 Å². The molecule has 1 N–H and O–H groups in total. The van der Waals surface area contributed by atoms with Gasteiger partial charge in [-0.25, -0.2) is 4.98 Å². The van der Waals surface area contributed by atoms with Gasteiger partial charge in [0.2, 0.25) is 5.89 Å². The van der Waals surface area contributed by atoms with E-state index in [-0.39, 0.29) is 12.5 Å². The molecule has 0 bridgehead atoms. The van der Waals surface area contributed by atoms with Crippen molar-refractivity contribution in [2.75, 3.05) is 0 Å². The molecule has 0 saturated carbocycles. The van der Waals surface area contributed by atoms with Crippen molar-refractivity contribution in [2.45, 2.75) is 12.5 Å². The molecular weight excluding hydrogens is 190 g/mol. The molecule has 0 fully saturated rings. The van der Waals surface area contributed by atoms with Gasteiger partial charge in [0.25, 0.3) is 0 Å². The summed E-state index contributed by atoms with van der Waals surface area (Å²) in [5, 5.41) is 8.87. The Morgan fingerprint density at radius 3 is 3.00 bits per heavy atom. The van der Waals surface area contributed by atoms with E-state index >= 15 is 0 Å². The van der Waals surface area contributed by atoms with Crippen LogP contribution in [-0.2, 0) is 12.5 Å². The average molecular weight is 198 g/mol. The quantitative estimate of drug-likeness (QED) is 0.750. The summed E-state index contributed by atoms with van der Waals surface area (Å²) >= 11 is 5.57. The monoisotopic (exact) mass is 197 g/mol. The lowest BCUT2D eigenvalue weighted by Crippen LogP contribution is -1.80. The molecule has 2 aromatic rings. The minimum atomic E-state index is 0.00679. The van der Waals surface area contributed by atoms with E-state index < -0.39 is 0 Å². The van der Waals surface area contributed by atoms with Crippen molar-refractivity contribution < 1.29 is 9.52 Å². The predicted octanol–water partition coefficient (Wildman–Crippen LogP) is 2.06. The summed E-state index contributed by atoms with van der Waals surface area (Å²) in [7, 11) is 0. The van der Waals surface area contributed by atoms with E-state index in [1.807, 2.05) is 6.07 Å². The van der Waals surface area contributed by atoms with E-state index in [0.717, 1.165) is 11.1 Å². The summed E-state index contributed by atoms with van der Waals surface area (Å²) in [4.78, 5) is 4.13. The molecule has 0 amide bonds. The normalized spacial score (nSPS) is 10.9. The lowest BCUT2D eigenvalue weighted by molar-refractivity contribution is 0.282. The van der Waals surface area contributed by atoms with Gasteiger partial charge in [-0.05, 0) is 17.7 Å². The first-order valence-electron chi connectivity index (χ1n) is 3.88. The van der Waals surface area contributed by atoms with E-state index in [1.165, 1.54) is 0 Å². The fraction of sp³-hybridized carbons (Fsp3) is 0.222. The Kier molecular flexibility index (Phi) is 2.20. The van der Waals surface area contributed by atoms with E-state index in [0.29, 0.717) is 11.5 Å². The topological polar surface area (TPSA) is 46.3 Å². The van der Waals surface area contributed by atoms with Gasteiger partial charge in [-0.15, -0.1) is 11.6 Å². The third kappa shape index (κ3) is 1.53. The second-order valence-corrected chi connectivity index (χ2v) is 2.97. The van der Waals surface area contributed by atoms with Gasteiger partial charge in [-0.2, -0.15) is 0 Å². The van der Waals surface area contributed by atoms with E-state index in [4.69, 9.17) is 21.1 Å². The second-order valence-electron chi connectivity index (χ2n) is 2.70. The molecule has 0 saturated heterocycles. The molecule has 0 radical (unpaired) electrons. The van der Waals surface area contributed by atoms with E-state index in [9.17, 15) is 0 Å². The maximum absolute atomic E-state index is 8.87. The zero-order chi connectivity index (χ0) is 9.26. The van der Waals surface area contributed by atoms with Crippen LogP contribution in [0.2, 0.25) is 0 Å². The number of aliphatic hydroxyl groups excluding tert-OH is 1. The standard InChI is InChI=1S/C9H8ClNO2/c10-4-9-11-7-2-1-6(5-12)3-8(7)13-9/h1-3,12H,4-5H2. The van der Waals surface area contributed by atoms with Crippen LogP contribution in [0.1, 0.15) is 11.5 Å². The number of benzene rings is 1. The van der Waals surface area contributed by atoms with Crippen LogP contribution < -0.4 is 0 Å². The summed E-state index contributed by atoms with van der Waals surface area (Å²) < 4.78 is 5.31. The van der Waals surface area contributed by atoms with Gasteiger partial charge in [-0.1, -0.05) is 6.07 Å².